The number of nitriles is 1. The van der Waals surface area contributed by atoms with Crippen molar-refractivity contribution in [1.29, 1.82) is 5.26 Å². The van der Waals surface area contributed by atoms with E-state index in [-0.39, 0.29) is 6.04 Å². The van der Waals surface area contributed by atoms with Gasteiger partial charge < -0.3 is 9.64 Å². The zero-order valence-corrected chi connectivity index (χ0v) is 14.5. The first-order valence-corrected chi connectivity index (χ1v) is 8.25. The first-order valence-electron chi connectivity index (χ1n) is 7.49. The number of benzene rings is 1. The predicted octanol–water partition coefficient (Wildman–Crippen LogP) is 3.59. The Hall–Kier alpha value is -0.990. The fourth-order valence-corrected chi connectivity index (χ4v) is 3.52. The molecule has 1 aromatic carbocycles. The van der Waals surface area contributed by atoms with Crippen molar-refractivity contribution in [2.45, 2.75) is 19.4 Å². The van der Waals surface area contributed by atoms with Crippen LogP contribution in [0.4, 0.5) is 0 Å². The quantitative estimate of drug-likeness (QED) is 0.820. The van der Waals surface area contributed by atoms with E-state index < -0.39 is 0 Å². The van der Waals surface area contributed by atoms with Gasteiger partial charge in [0.1, 0.15) is 6.04 Å². The lowest BCUT2D eigenvalue weighted by Crippen LogP contribution is -2.47. The smallest absolute Gasteiger partial charge is 0.156 e. The van der Waals surface area contributed by atoms with Crippen LogP contribution >= 0.6 is 23.2 Å². The van der Waals surface area contributed by atoms with Crippen LogP contribution in [0.25, 0.3) is 0 Å². The number of halogens is 2. The topological polar surface area (TPSA) is 39.5 Å². The second kappa shape index (κ2) is 8.03. The van der Waals surface area contributed by atoms with Crippen LogP contribution in [0.3, 0.4) is 0 Å². The van der Waals surface area contributed by atoms with E-state index in [2.05, 4.69) is 22.8 Å². The van der Waals surface area contributed by atoms with Gasteiger partial charge in [-0.3, -0.25) is 4.90 Å². The molecule has 2 rings (SSSR count). The molecule has 1 aromatic rings. The standard InChI is InChI=1S/C16H21Cl2N3O/c1-3-4-20-5-7-21(8-6-20)15(11-19)12-9-13(17)16(22-2)14(18)10-12/h9-10,15H,3-8H2,1-2H3. The molecule has 1 fully saturated rings. The number of piperazine rings is 1. The van der Waals surface area contributed by atoms with Crippen molar-refractivity contribution in [2.75, 3.05) is 39.8 Å². The lowest BCUT2D eigenvalue weighted by Gasteiger charge is -2.37. The molecule has 1 aliphatic heterocycles. The monoisotopic (exact) mass is 341 g/mol. The van der Waals surface area contributed by atoms with Gasteiger partial charge in [-0.05, 0) is 30.7 Å². The summed E-state index contributed by atoms with van der Waals surface area (Å²) < 4.78 is 5.16. The minimum Gasteiger partial charge on any atom is -0.494 e. The van der Waals surface area contributed by atoms with Gasteiger partial charge in [0.05, 0.1) is 23.2 Å². The van der Waals surface area contributed by atoms with Crippen molar-refractivity contribution in [3.63, 3.8) is 0 Å². The van der Waals surface area contributed by atoms with E-state index in [0.29, 0.717) is 15.8 Å². The highest BCUT2D eigenvalue weighted by Crippen LogP contribution is 2.36. The molecule has 0 N–H and O–H groups in total. The van der Waals surface area contributed by atoms with Gasteiger partial charge in [0, 0.05) is 26.2 Å². The van der Waals surface area contributed by atoms with Crippen molar-refractivity contribution in [3.05, 3.63) is 27.7 Å². The second-order valence-electron chi connectivity index (χ2n) is 5.43. The predicted molar refractivity (Wildman–Crippen MR) is 89.7 cm³/mol. The summed E-state index contributed by atoms with van der Waals surface area (Å²) in [5.41, 5.74) is 0.822. The molecule has 0 amide bonds. The number of hydrogen-bond donors (Lipinski definition) is 0. The lowest BCUT2D eigenvalue weighted by atomic mass is 10.1. The molecule has 0 saturated carbocycles. The third-order valence-corrected chi connectivity index (χ3v) is 4.54. The summed E-state index contributed by atoms with van der Waals surface area (Å²) in [4.78, 5) is 4.61. The molecule has 4 nitrogen and oxygen atoms in total. The largest absolute Gasteiger partial charge is 0.494 e. The second-order valence-corrected chi connectivity index (χ2v) is 6.24. The summed E-state index contributed by atoms with van der Waals surface area (Å²) in [6.07, 6.45) is 1.16. The van der Waals surface area contributed by atoms with Gasteiger partial charge in [-0.2, -0.15) is 5.26 Å². The summed E-state index contributed by atoms with van der Waals surface area (Å²) in [5.74, 6) is 0.455. The van der Waals surface area contributed by atoms with Crippen LogP contribution in [0.2, 0.25) is 10.0 Å². The highest BCUT2D eigenvalue weighted by Gasteiger charge is 2.26. The maximum absolute atomic E-state index is 9.59. The maximum atomic E-state index is 9.59. The molecule has 1 aliphatic rings. The van der Waals surface area contributed by atoms with Crippen molar-refractivity contribution in [1.82, 2.24) is 9.80 Å². The van der Waals surface area contributed by atoms with E-state index in [1.807, 2.05) is 0 Å². The van der Waals surface area contributed by atoms with Gasteiger partial charge in [-0.1, -0.05) is 30.1 Å². The molecular weight excluding hydrogens is 321 g/mol. The third kappa shape index (κ3) is 3.85. The van der Waals surface area contributed by atoms with Gasteiger partial charge in [-0.25, -0.2) is 0 Å². The highest BCUT2D eigenvalue weighted by molar-refractivity contribution is 6.37. The Morgan fingerprint density at radius 1 is 1.23 bits per heavy atom. The molecule has 0 aliphatic carbocycles. The molecule has 0 radical (unpaired) electrons. The molecule has 1 heterocycles. The molecular formula is C16H21Cl2N3O. The molecule has 0 spiro atoms. The fourth-order valence-electron chi connectivity index (χ4n) is 2.86. The normalized spacial score (nSPS) is 18.0. The van der Waals surface area contributed by atoms with Gasteiger partial charge >= 0.3 is 0 Å². The Balaban J connectivity index is 2.15. The summed E-state index contributed by atoms with van der Waals surface area (Å²) in [5, 5.41) is 10.5. The zero-order valence-electron chi connectivity index (χ0n) is 13.0. The van der Waals surface area contributed by atoms with Crippen LogP contribution in [0.15, 0.2) is 12.1 Å². The zero-order chi connectivity index (χ0) is 16.1. The summed E-state index contributed by atoms with van der Waals surface area (Å²) in [7, 11) is 1.53. The van der Waals surface area contributed by atoms with Crippen LogP contribution in [0.1, 0.15) is 24.9 Å². The summed E-state index contributed by atoms with van der Waals surface area (Å²) in [6.45, 7) is 7.03. The van der Waals surface area contributed by atoms with Crippen molar-refractivity contribution >= 4 is 23.2 Å². The van der Waals surface area contributed by atoms with E-state index in [1.54, 1.807) is 12.1 Å². The fraction of sp³-hybridized carbons (Fsp3) is 0.562. The van der Waals surface area contributed by atoms with Crippen molar-refractivity contribution in [3.8, 4) is 11.8 Å². The molecule has 0 aromatic heterocycles. The Bertz CT molecular complexity index is 528. The average molecular weight is 342 g/mol. The molecule has 6 heteroatoms. The number of ether oxygens (including phenoxy) is 1. The van der Waals surface area contributed by atoms with Gasteiger partial charge in [0.25, 0.3) is 0 Å². The molecule has 1 saturated heterocycles. The Morgan fingerprint density at radius 2 is 1.82 bits per heavy atom. The number of methoxy groups -OCH3 is 1. The van der Waals surface area contributed by atoms with Crippen molar-refractivity contribution in [2.24, 2.45) is 0 Å². The lowest BCUT2D eigenvalue weighted by molar-refractivity contribution is 0.114. The Morgan fingerprint density at radius 3 is 2.27 bits per heavy atom. The van der Waals surface area contributed by atoms with E-state index >= 15 is 0 Å². The van der Waals surface area contributed by atoms with E-state index in [9.17, 15) is 5.26 Å². The average Bonchev–Trinajstić information content (AvgIpc) is 2.50. The molecule has 120 valence electrons. The number of rotatable bonds is 5. The minimum atomic E-state index is -0.329. The first kappa shape index (κ1) is 17.4. The van der Waals surface area contributed by atoms with E-state index in [4.69, 9.17) is 27.9 Å². The van der Waals surface area contributed by atoms with Gasteiger partial charge in [0.15, 0.2) is 5.75 Å². The summed E-state index contributed by atoms with van der Waals surface area (Å²) >= 11 is 12.4. The van der Waals surface area contributed by atoms with Crippen LogP contribution in [0.5, 0.6) is 5.75 Å². The molecule has 1 atom stereocenters. The Kier molecular flexibility index (Phi) is 6.34. The molecule has 22 heavy (non-hydrogen) atoms. The Labute approximate surface area is 142 Å². The van der Waals surface area contributed by atoms with Crippen LogP contribution in [-0.2, 0) is 0 Å². The molecule has 1 unspecified atom stereocenters. The highest BCUT2D eigenvalue weighted by atomic mass is 35.5. The van der Waals surface area contributed by atoms with Crippen LogP contribution in [0, 0.1) is 11.3 Å². The van der Waals surface area contributed by atoms with E-state index in [0.717, 1.165) is 44.7 Å². The number of nitrogens with zero attached hydrogens (tertiary/aromatic N) is 3. The number of hydrogen-bond acceptors (Lipinski definition) is 4. The third-order valence-electron chi connectivity index (χ3n) is 3.97. The van der Waals surface area contributed by atoms with Gasteiger partial charge in [-0.15, -0.1) is 0 Å². The van der Waals surface area contributed by atoms with Gasteiger partial charge in [0.2, 0.25) is 0 Å². The SMILES string of the molecule is CCCN1CCN(C(C#N)c2cc(Cl)c(OC)c(Cl)c2)CC1. The summed E-state index contributed by atoms with van der Waals surface area (Å²) in [6, 6.07) is 5.60. The van der Waals surface area contributed by atoms with Crippen molar-refractivity contribution < 1.29 is 4.74 Å². The first-order chi connectivity index (χ1) is 10.6. The molecule has 0 bridgehead atoms. The van der Waals surface area contributed by atoms with E-state index in [1.165, 1.54) is 7.11 Å². The van der Waals surface area contributed by atoms with Crippen LogP contribution < -0.4 is 4.74 Å². The maximum Gasteiger partial charge on any atom is 0.156 e. The van der Waals surface area contributed by atoms with Crippen LogP contribution in [-0.4, -0.2) is 49.6 Å². The minimum absolute atomic E-state index is 0.329.